The first kappa shape index (κ1) is 23.6. The van der Waals surface area contributed by atoms with Gasteiger partial charge in [0.1, 0.15) is 5.82 Å². The lowest BCUT2D eigenvalue weighted by Crippen LogP contribution is -2.41. The molecule has 0 atom stereocenters. The molecule has 0 aliphatic carbocycles. The minimum Gasteiger partial charge on any atom is -0.323 e. The third-order valence-electron chi connectivity index (χ3n) is 4.96. The summed E-state index contributed by atoms with van der Waals surface area (Å²) >= 11 is 5.78. The molecule has 0 aliphatic heterocycles. The summed E-state index contributed by atoms with van der Waals surface area (Å²) in [5, 5.41) is 11.8. The molecule has 0 amide bonds. The highest BCUT2D eigenvalue weighted by atomic mass is 35.5. The van der Waals surface area contributed by atoms with E-state index in [9.17, 15) is 27.2 Å². The van der Waals surface area contributed by atoms with E-state index in [0.717, 1.165) is 14.7 Å². The Morgan fingerprint density at radius 1 is 1.03 bits per heavy atom. The third kappa shape index (κ3) is 5.32. The fourth-order valence-electron chi connectivity index (χ4n) is 3.37. The van der Waals surface area contributed by atoms with Crippen LogP contribution in [0.1, 0.15) is 24.2 Å². The van der Waals surface area contributed by atoms with Gasteiger partial charge in [0.25, 0.3) is 5.56 Å². The number of hydrogen-bond acceptors (Lipinski definition) is 6. The van der Waals surface area contributed by atoms with Crippen LogP contribution < -0.4 is 11.2 Å². The SMILES string of the molecule is O=c1c2[nH]c(Cl)nc2n(CCC(F)(F)F)c(=O)n1CCCn1nnc(Cc2ccc(F)cc2)n1. The molecule has 3 aromatic heterocycles. The number of aromatic amines is 1. The second-order valence-corrected chi connectivity index (χ2v) is 7.80. The lowest BCUT2D eigenvalue weighted by molar-refractivity contribution is -0.136. The Balaban J connectivity index is 1.49. The van der Waals surface area contributed by atoms with Crippen molar-refractivity contribution in [2.24, 2.45) is 0 Å². The van der Waals surface area contributed by atoms with Crippen LogP contribution in [0.25, 0.3) is 11.2 Å². The van der Waals surface area contributed by atoms with Crippen LogP contribution in [0.15, 0.2) is 33.9 Å². The van der Waals surface area contributed by atoms with Crippen molar-refractivity contribution in [3.63, 3.8) is 0 Å². The fraction of sp³-hybridized carbons (Fsp3) is 0.368. The van der Waals surface area contributed by atoms with Crippen LogP contribution in [0.2, 0.25) is 5.28 Å². The van der Waals surface area contributed by atoms with Gasteiger partial charge < -0.3 is 4.98 Å². The number of nitrogens with one attached hydrogen (secondary N) is 1. The average Bonchev–Trinajstić information content (AvgIpc) is 3.37. The summed E-state index contributed by atoms with van der Waals surface area (Å²) in [6.45, 7) is -0.630. The van der Waals surface area contributed by atoms with E-state index in [4.69, 9.17) is 11.6 Å². The van der Waals surface area contributed by atoms with E-state index in [1.807, 2.05) is 0 Å². The number of alkyl halides is 3. The standard InChI is InChI=1S/C19H17ClF4N8O2/c20-17-25-14-15(26-17)30(9-6-19(22,23)24)18(34)31(16(14)33)7-1-8-32-28-13(27-29-32)10-11-2-4-12(21)5-3-11/h2-5H,1,6-10H2,(H,25,26). The molecule has 0 bridgehead atoms. The van der Waals surface area contributed by atoms with Crippen LogP contribution in [-0.4, -0.2) is 45.5 Å². The van der Waals surface area contributed by atoms with E-state index in [1.165, 1.54) is 16.9 Å². The van der Waals surface area contributed by atoms with Gasteiger partial charge in [-0.05, 0) is 40.9 Å². The molecule has 10 nitrogen and oxygen atoms in total. The number of halogens is 5. The second kappa shape index (κ2) is 9.37. The van der Waals surface area contributed by atoms with E-state index < -0.39 is 30.4 Å². The first-order chi connectivity index (χ1) is 16.1. The normalized spacial score (nSPS) is 12.0. The molecule has 4 aromatic rings. The van der Waals surface area contributed by atoms with Crippen molar-refractivity contribution < 1.29 is 17.6 Å². The second-order valence-electron chi connectivity index (χ2n) is 7.44. The topological polar surface area (TPSA) is 116 Å². The van der Waals surface area contributed by atoms with Crippen molar-refractivity contribution in [1.29, 1.82) is 0 Å². The Bertz CT molecular complexity index is 1420. The summed E-state index contributed by atoms with van der Waals surface area (Å²) in [4.78, 5) is 33.0. The van der Waals surface area contributed by atoms with Gasteiger partial charge in [-0.3, -0.25) is 13.9 Å². The number of aryl methyl sites for hydroxylation is 2. The molecular formula is C19H17ClF4N8O2. The molecule has 0 saturated heterocycles. The van der Waals surface area contributed by atoms with Gasteiger partial charge in [-0.1, -0.05) is 12.1 Å². The zero-order valence-electron chi connectivity index (χ0n) is 17.4. The van der Waals surface area contributed by atoms with E-state index in [1.54, 1.807) is 12.1 Å². The van der Waals surface area contributed by atoms with Crippen LogP contribution in [0.5, 0.6) is 0 Å². The summed E-state index contributed by atoms with van der Waals surface area (Å²) in [6.07, 6.45) is -5.23. The van der Waals surface area contributed by atoms with Crippen molar-refractivity contribution in [3.8, 4) is 0 Å². The highest BCUT2D eigenvalue weighted by Gasteiger charge is 2.28. The number of rotatable bonds is 8. The van der Waals surface area contributed by atoms with Crippen molar-refractivity contribution in [1.82, 2.24) is 39.3 Å². The molecular weight excluding hydrogens is 484 g/mol. The molecule has 34 heavy (non-hydrogen) atoms. The average molecular weight is 501 g/mol. The highest BCUT2D eigenvalue weighted by molar-refractivity contribution is 6.28. The Kier molecular flexibility index (Phi) is 6.50. The monoisotopic (exact) mass is 500 g/mol. The number of benzene rings is 1. The smallest absolute Gasteiger partial charge is 0.323 e. The van der Waals surface area contributed by atoms with Gasteiger partial charge >= 0.3 is 11.9 Å². The number of hydrogen-bond donors (Lipinski definition) is 1. The lowest BCUT2D eigenvalue weighted by atomic mass is 10.1. The highest BCUT2D eigenvalue weighted by Crippen LogP contribution is 2.21. The summed E-state index contributed by atoms with van der Waals surface area (Å²) in [5.41, 5.74) is -1.27. The first-order valence-electron chi connectivity index (χ1n) is 10.1. The zero-order chi connectivity index (χ0) is 24.5. The van der Waals surface area contributed by atoms with Crippen molar-refractivity contribution in [3.05, 3.63) is 67.6 Å². The number of fused-ring (bicyclic) bond motifs is 1. The van der Waals surface area contributed by atoms with Crippen LogP contribution in [0, 0.1) is 5.82 Å². The maximum Gasteiger partial charge on any atom is 0.390 e. The van der Waals surface area contributed by atoms with Gasteiger partial charge in [-0.2, -0.15) is 23.0 Å². The van der Waals surface area contributed by atoms with Gasteiger partial charge in [-0.25, -0.2) is 9.18 Å². The molecule has 1 N–H and O–H groups in total. The number of nitrogens with zero attached hydrogens (tertiary/aromatic N) is 7. The lowest BCUT2D eigenvalue weighted by Gasteiger charge is -2.12. The van der Waals surface area contributed by atoms with Crippen LogP contribution in [0.4, 0.5) is 17.6 Å². The van der Waals surface area contributed by atoms with Gasteiger partial charge in [-0.15, -0.1) is 10.2 Å². The molecule has 180 valence electrons. The number of aromatic nitrogens is 8. The molecule has 15 heteroatoms. The van der Waals surface area contributed by atoms with E-state index in [0.29, 0.717) is 12.2 Å². The third-order valence-corrected chi connectivity index (χ3v) is 5.14. The molecule has 0 aliphatic rings. The van der Waals surface area contributed by atoms with E-state index in [2.05, 4.69) is 25.4 Å². The summed E-state index contributed by atoms with van der Waals surface area (Å²) < 4.78 is 52.8. The van der Waals surface area contributed by atoms with Gasteiger partial charge in [0.15, 0.2) is 17.0 Å². The maximum atomic E-state index is 13.0. The van der Waals surface area contributed by atoms with Gasteiger partial charge in [0, 0.05) is 19.5 Å². The predicted octanol–water partition coefficient (Wildman–Crippen LogP) is 2.30. The molecule has 0 fully saturated rings. The number of H-pyrrole nitrogens is 1. The number of imidazole rings is 1. The molecule has 0 spiro atoms. The van der Waals surface area contributed by atoms with E-state index >= 15 is 0 Å². The van der Waals surface area contributed by atoms with Crippen molar-refractivity contribution >= 4 is 22.8 Å². The first-order valence-corrected chi connectivity index (χ1v) is 10.5. The zero-order valence-corrected chi connectivity index (χ0v) is 18.1. The van der Waals surface area contributed by atoms with Crippen LogP contribution in [-0.2, 0) is 26.1 Å². The minimum atomic E-state index is -4.50. The molecule has 1 aromatic carbocycles. The molecule has 0 saturated carbocycles. The van der Waals surface area contributed by atoms with Crippen molar-refractivity contribution in [2.75, 3.05) is 0 Å². The Labute approximate surface area is 192 Å². The molecule has 4 rings (SSSR count). The minimum absolute atomic E-state index is 0.106. The summed E-state index contributed by atoms with van der Waals surface area (Å²) in [7, 11) is 0. The Hall–Kier alpha value is -3.55. The quantitative estimate of drug-likeness (QED) is 0.293. The molecule has 0 radical (unpaired) electrons. The van der Waals surface area contributed by atoms with Gasteiger partial charge in [0.05, 0.1) is 13.0 Å². The maximum absolute atomic E-state index is 13.0. The summed E-state index contributed by atoms with van der Waals surface area (Å²) in [6, 6.07) is 5.85. The van der Waals surface area contributed by atoms with Crippen LogP contribution in [0.3, 0.4) is 0 Å². The summed E-state index contributed by atoms with van der Waals surface area (Å²) in [5.74, 6) is 0.0375. The fourth-order valence-corrected chi connectivity index (χ4v) is 3.55. The van der Waals surface area contributed by atoms with Gasteiger partial charge in [0.2, 0.25) is 5.28 Å². The Morgan fingerprint density at radius 3 is 2.47 bits per heavy atom. The van der Waals surface area contributed by atoms with Crippen LogP contribution >= 0.6 is 11.6 Å². The predicted molar refractivity (Wildman–Crippen MR) is 112 cm³/mol. The Morgan fingerprint density at radius 2 is 1.76 bits per heavy atom. The molecule has 3 heterocycles. The van der Waals surface area contributed by atoms with Crippen molar-refractivity contribution in [2.45, 2.75) is 45.1 Å². The molecule has 0 unspecified atom stereocenters. The number of tetrazole rings is 1. The largest absolute Gasteiger partial charge is 0.390 e. The van der Waals surface area contributed by atoms with E-state index in [-0.39, 0.29) is 41.8 Å².